The summed E-state index contributed by atoms with van der Waals surface area (Å²) in [5, 5.41) is 11.8. The van der Waals surface area contributed by atoms with Gasteiger partial charge in [-0.05, 0) is 25.7 Å². The van der Waals surface area contributed by atoms with Crippen LogP contribution in [-0.2, 0) is 4.79 Å². The topological polar surface area (TPSA) is 49.3 Å². The highest BCUT2D eigenvalue weighted by molar-refractivity contribution is 5.88. The molecule has 0 fully saturated rings. The van der Waals surface area contributed by atoms with Crippen molar-refractivity contribution >= 4 is 5.91 Å². The number of allylic oxidation sites excluding steroid dienone is 1. The Morgan fingerprint density at radius 3 is 2.27 bits per heavy atom. The largest absolute Gasteiger partial charge is 0.396 e. The highest BCUT2D eigenvalue weighted by atomic mass is 16.3. The Kier molecular flexibility index (Phi) is 5.58. The zero-order valence-corrected chi connectivity index (χ0v) is 10.4. The predicted molar refractivity (Wildman–Crippen MR) is 62.5 cm³/mol. The first-order valence-corrected chi connectivity index (χ1v) is 5.33. The summed E-state index contributed by atoms with van der Waals surface area (Å²) in [5.74, 6) is -0.0802. The minimum Gasteiger partial charge on any atom is -0.396 e. The molecule has 0 bridgehead atoms. The number of rotatable bonds is 4. The molecule has 1 atom stereocenters. The van der Waals surface area contributed by atoms with Crippen molar-refractivity contribution in [1.82, 2.24) is 5.32 Å². The molecule has 2 N–H and O–H groups in total. The van der Waals surface area contributed by atoms with Crippen LogP contribution in [0.1, 0.15) is 41.0 Å². The molecular formula is C12H23NO2. The second-order valence-electron chi connectivity index (χ2n) is 5.16. The fourth-order valence-corrected chi connectivity index (χ4v) is 1.33. The molecule has 0 rings (SSSR count). The number of hydrogen-bond donors (Lipinski definition) is 2. The molecule has 0 aromatic rings. The van der Waals surface area contributed by atoms with E-state index >= 15 is 0 Å². The van der Waals surface area contributed by atoms with Gasteiger partial charge in [0, 0.05) is 18.7 Å². The fourth-order valence-electron chi connectivity index (χ4n) is 1.33. The minimum atomic E-state index is -0.0802. The monoisotopic (exact) mass is 213 g/mol. The lowest BCUT2D eigenvalue weighted by molar-refractivity contribution is -0.118. The van der Waals surface area contributed by atoms with E-state index in [9.17, 15) is 4.79 Å². The Morgan fingerprint density at radius 1 is 1.40 bits per heavy atom. The first kappa shape index (κ1) is 14.2. The molecule has 0 aliphatic heterocycles. The molecule has 0 spiro atoms. The Morgan fingerprint density at radius 2 is 1.93 bits per heavy atom. The maximum atomic E-state index is 11.5. The lowest BCUT2D eigenvalue weighted by atomic mass is 9.85. The van der Waals surface area contributed by atoms with E-state index < -0.39 is 0 Å². The van der Waals surface area contributed by atoms with Gasteiger partial charge in [0.2, 0.25) is 5.91 Å². The van der Waals surface area contributed by atoms with Gasteiger partial charge in [-0.1, -0.05) is 26.3 Å². The van der Waals surface area contributed by atoms with Gasteiger partial charge in [-0.2, -0.15) is 0 Å². The van der Waals surface area contributed by atoms with E-state index in [0.717, 1.165) is 5.57 Å². The van der Waals surface area contributed by atoms with Crippen LogP contribution in [-0.4, -0.2) is 23.7 Å². The van der Waals surface area contributed by atoms with Crippen molar-refractivity contribution < 1.29 is 9.90 Å². The lowest BCUT2D eigenvalue weighted by Gasteiger charge is -2.30. The average molecular weight is 213 g/mol. The summed E-state index contributed by atoms with van der Waals surface area (Å²) < 4.78 is 0. The van der Waals surface area contributed by atoms with E-state index in [1.165, 1.54) is 0 Å². The molecule has 0 radical (unpaired) electrons. The zero-order valence-electron chi connectivity index (χ0n) is 10.4. The van der Waals surface area contributed by atoms with Gasteiger partial charge in [0.25, 0.3) is 0 Å². The maximum Gasteiger partial charge on any atom is 0.244 e. The summed E-state index contributed by atoms with van der Waals surface area (Å²) >= 11 is 0. The molecule has 1 unspecified atom stereocenters. The van der Waals surface area contributed by atoms with Crippen LogP contribution >= 0.6 is 0 Å². The number of nitrogens with one attached hydrogen (secondary N) is 1. The highest BCUT2D eigenvalue weighted by Crippen LogP contribution is 2.21. The van der Waals surface area contributed by atoms with Crippen LogP contribution in [0, 0.1) is 5.41 Å². The molecule has 3 nitrogen and oxygen atoms in total. The fraction of sp³-hybridized carbons (Fsp3) is 0.750. The minimum absolute atomic E-state index is 0.00519. The highest BCUT2D eigenvalue weighted by Gasteiger charge is 2.24. The Balaban J connectivity index is 4.43. The summed E-state index contributed by atoms with van der Waals surface area (Å²) in [4.78, 5) is 11.5. The number of hydrogen-bond acceptors (Lipinski definition) is 2. The van der Waals surface area contributed by atoms with Crippen LogP contribution in [0.25, 0.3) is 0 Å². The summed E-state index contributed by atoms with van der Waals surface area (Å²) in [6, 6.07) is 0.00519. The van der Waals surface area contributed by atoms with Crippen molar-refractivity contribution in [3.05, 3.63) is 11.6 Å². The van der Waals surface area contributed by atoms with Gasteiger partial charge in [-0.15, -0.1) is 0 Å². The van der Waals surface area contributed by atoms with Crippen LogP contribution in [0.15, 0.2) is 11.6 Å². The molecule has 0 aliphatic rings. The van der Waals surface area contributed by atoms with Crippen LogP contribution in [0.3, 0.4) is 0 Å². The van der Waals surface area contributed by atoms with Gasteiger partial charge in [0.1, 0.15) is 0 Å². The first-order valence-electron chi connectivity index (χ1n) is 5.33. The van der Waals surface area contributed by atoms with Crippen LogP contribution in [0.5, 0.6) is 0 Å². The zero-order chi connectivity index (χ0) is 12.1. The van der Waals surface area contributed by atoms with Crippen molar-refractivity contribution in [3.8, 4) is 0 Å². The third-order valence-electron chi connectivity index (χ3n) is 2.20. The van der Waals surface area contributed by atoms with Crippen molar-refractivity contribution in [2.24, 2.45) is 5.41 Å². The molecule has 1 amide bonds. The van der Waals surface area contributed by atoms with Crippen molar-refractivity contribution in [2.75, 3.05) is 6.61 Å². The molecule has 0 aliphatic carbocycles. The van der Waals surface area contributed by atoms with Crippen molar-refractivity contribution in [3.63, 3.8) is 0 Å². The molecule has 0 heterocycles. The smallest absolute Gasteiger partial charge is 0.244 e. The van der Waals surface area contributed by atoms with E-state index in [-0.39, 0.29) is 24.0 Å². The van der Waals surface area contributed by atoms with Gasteiger partial charge >= 0.3 is 0 Å². The van der Waals surface area contributed by atoms with E-state index in [2.05, 4.69) is 26.1 Å². The Labute approximate surface area is 92.6 Å². The summed E-state index contributed by atoms with van der Waals surface area (Å²) in [7, 11) is 0. The maximum absolute atomic E-state index is 11.5. The van der Waals surface area contributed by atoms with Gasteiger partial charge < -0.3 is 10.4 Å². The Bertz CT molecular complexity index is 234. The SMILES string of the molecule is CC(C)=CC(=O)NC(CCO)C(C)(C)C. The average Bonchev–Trinajstić information content (AvgIpc) is 2.00. The molecule has 15 heavy (non-hydrogen) atoms. The van der Waals surface area contributed by atoms with Gasteiger partial charge in [-0.3, -0.25) is 4.79 Å². The number of amides is 1. The van der Waals surface area contributed by atoms with Gasteiger partial charge in [0.05, 0.1) is 0 Å². The number of carbonyl (C=O) groups excluding carboxylic acids is 1. The molecular weight excluding hydrogens is 190 g/mol. The standard InChI is InChI=1S/C12H23NO2/c1-9(2)8-11(15)13-10(6-7-14)12(3,4)5/h8,10,14H,6-7H2,1-5H3,(H,13,15). The van der Waals surface area contributed by atoms with E-state index in [4.69, 9.17) is 5.11 Å². The van der Waals surface area contributed by atoms with Gasteiger partial charge in [-0.25, -0.2) is 0 Å². The molecule has 0 aromatic heterocycles. The second kappa shape index (κ2) is 5.91. The second-order valence-corrected chi connectivity index (χ2v) is 5.16. The van der Waals surface area contributed by atoms with Crippen molar-refractivity contribution in [2.45, 2.75) is 47.1 Å². The quantitative estimate of drug-likeness (QED) is 0.700. The summed E-state index contributed by atoms with van der Waals surface area (Å²) in [5.41, 5.74) is 0.942. The normalized spacial score (nSPS) is 13.2. The Hall–Kier alpha value is -0.830. The third-order valence-corrected chi connectivity index (χ3v) is 2.20. The third kappa shape index (κ3) is 6.28. The van der Waals surface area contributed by atoms with E-state index in [0.29, 0.717) is 6.42 Å². The first-order chi connectivity index (χ1) is 6.77. The van der Waals surface area contributed by atoms with Crippen LogP contribution in [0.4, 0.5) is 0 Å². The van der Waals surface area contributed by atoms with E-state index in [1.54, 1.807) is 6.08 Å². The molecule has 3 heteroatoms. The molecule has 88 valence electrons. The van der Waals surface area contributed by atoms with Gasteiger partial charge in [0.15, 0.2) is 0 Å². The summed E-state index contributed by atoms with van der Waals surface area (Å²) in [6.07, 6.45) is 2.17. The van der Waals surface area contributed by atoms with Crippen molar-refractivity contribution in [1.29, 1.82) is 0 Å². The van der Waals surface area contributed by atoms with E-state index in [1.807, 2.05) is 13.8 Å². The molecule has 0 saturated carbocycles. The van der Waals surface area contributed by atoms with Crippen LogP contribution < -0.4 is 5.32 Å². The number of aliphatic hydroxyl groups excluding tert-OH is 1. The number of carbonyl (C=O) groups is 1. The summed E-state index contributed by atoms with van der Waals surface area (Å²) in [6.45, 7) is 10.0. The van der Waals surface area contributed by atoms with Crippen LogP contribution in [0.2, 0.25) is 0 Å². The molecule has 0 aromatic carbocycles. The molecule has 0 saturated heterocycles. The lowest BCUT2D eigenvalue weighted by Crippen LogP contribution is -2.43. The number of aliphatic hydroxyl groups is 1. The predicted octanol–water partition coefficient (Wildman–Crippen LogP) is 1.87.